The lowest BCUT2D eigenvalue weighted by molar-refractivity contribution is 0.304. The molecule has 0 bridgehead atoms. The Kier molecular flexibility index (Phi) is 6.48. The number of fused-ring (bicyclic) bond motifs is 1. The fraction of sp³-hybridized carbons (Fsp3) is 0.154. The summed E-state index contributed by atoms with van der Waals surface area (Å²) in [5, 5.41) is 1.19. The minimum Gasteiger partial charge on any atom is -0.310 e. The average Bonchev–Trinajstić information content (AvgIpc) is 2.79. The van der Waals surface area contributed by atoms with E-state index in [1.807, 2.05) is 90.5 Å². The van der Waals surface area contributed by atoms with Crippen LogP contribution in [0.2, 0.25) is 5.02 Å². The molecule has 31 heavy (non-hydrogen) atoms. The number of nitrogens with zero attached hydrogens (tertiary/aromatic N) is 1. The highest BCUT2D eigenvalue weighted by Gasteiger charge is 2.43. The highest BCUT2D eigenvalue weighted by Crippen LogP contribution is 2.60. The van der Waals surface area contributed by atoms with Crippen LogP contribution in [0.5, 0.6) is 0 Å². The fourth-order valence-corrected chi connectivity index (χ4v) is 6.85. The van der Waals surface area contributed by atoms with Gasteiger partial charge in [0.05, 0.1) is 24.2 Å². The monoisotopic (exact) mass is 449 g/mol. The molecule has 158 valence electrons. The van der Waals surface area contributed by atoms with Crippen molar-refractivity contribution in [2.75, 3.05) is 6.61 Å². The Hall–Kier alpha value is -2.58. The molecule has 3 nitrogen and oxygen atoms in total. The minimum absolute atomic E-state index is 0.327. The van der Waals surface area contributed by atoms with E-state index in [2.05, 4.69) is 6.58 Å². The van der Waals surface area contributed by atoms with Crippen molar-refractivity contribution in [3.8, 4) is 0 Å². The Morgan fingerprint density at radius 2 is 1.71 bits per heavy atom. The second-order valence-electron chi connectivity index (χ2n) is 7.33. The Morgan fingerprint density at radius 3 is 2.35 bits per heavy atom. The van der Waals surface area contributed by atoms with Crippen LogP contribution in [-0.4, -0.2) is 11.3 Å². The van der Waals surface area contributed by atoms with Crippen LogP contribution >= 0.6 is 19.1 Å². The third kappa shape index (κ3) is 4.14. The molecule has 0 aromatic heterocycles. The van der Waals surface area contributed by atoms with E-state index in [1.54, 1.807) is 6.07 Å². The quantitative estimate of drug-likeness (QED) is 0.283. The van der Waals surface area contributed by atoms with Crippen LogP contribution in [0.4, 0.5) is 0 Å². The third-order valence-corrected chi connectivity index (χ3v) is 8.13. The highest BCUT2D eigenvalue weighted by molar-refractivity contribution is 7.65. The maximum Gasteiger partial charge on any atom is 0.327 e. The maximum atomic E-state index is 14.7. The zero-order valence-electron chi connectivity index (χ0n) is 17.5. The van der Waals surface area contributed by atoms with Crippen molar-refractivity contribution in [1.29, 1.82) is 0 Å². The van der Waals surface area contributed by atoms with E-state index in [0.717, 1.165) is 28.0 Å². The first-order chi connectivity index (χ1) is 15.1. The molecule has 3 aromatic rings. The molecule has 1 aliphatic rings. The maximum absolute atomic E-state index is 14.7. The third-order valence-electron chi connectivity index (χ3n) is 5.33. The number of allylic oxidation sites excluding steroid dienone is 2. The predicted octanol–water partition coefficient (Wildman–Crippen LogP) is 7.16. The molecule has 1 unspecified atom stereocenters. The second-order valence-corrected chi connectivity index (χ2v) is 10.0. The zero-order valence-corrected chi connectivity index (χ0v) is 19.2. The summed E-state index contributed by atoms with van der Waals surface area (Å²) in [5.41, 5.74) is 4.94. The molecule has 1 atom stereocenters. The molecule has 0 fully saturated rings. The molecular weight excluding hydrogens is 425 g/mol. The van der Waals surface area contributed by atoms with Crippen LogP contribution in [0.15, 0.2) is 91.5 Å². The SMILES string of the molecule is C=CCC1=C(c2ccccc2)N(Cc2ccccc2)P(=O)(OCC)c2cc(Cl)ccc21. The van der Waals surface area contributed by atoms with Gasteiger partial charge in [-0.05, 0) is 47.7 Å². The van der Waals surface area contributed by atoms with E-state index in [-0.39, 0.29) is 0 Å². The van der Waals surface area contributed by atoms with Gasteiger partial charge in [-0.3, -0.25) is 9.24 Å². The van der Waals surface area contributed by atoms with Gasteiger partial charge in [-0.2, -0.15) is 0 Å². The van der Waals surface area contributed by atoms with Gasteiger partial charge >= 0.3 is 7.52 Å². The smallest absolute Gasteiger partial charge is 0.310 e. The van der Waals surface area contributed by atoms with E-state index in [1.165, 1.54) is 0 Å². The lowest BCUT2D eigenvalue weighted by Gasteiger charge is -2.41. The van der Waals surface area contributed by atoms with Crippen molar-refractivity contribution in [1.82, 2.24) is 4.67 Å². The summed E-state index contributed by atoms with van der Waals surface area (Å²) in [4.78, 5) is 0. The second kappa shape index (κ2) is 9.28. The van der Waals surface area contributed by atoms with Crippen LogP contribution in [0, 0.1) is 0 Å². The van der Waals surface area contributed by atoms with Gasteiger partial charge in [0, 0.05) is 5.02 Å². The van der Waals surface area contributed by atoms with Crippen LogP contribution in [-0.2, 0) is 15.6 Å². The molecule has 0 N–H and O–H groups in total. The van der Waals surface area contributed by atoms with E-state index >= 15 is 0 Å². The zero-order chi connectivity index (χ0) is 21.8. The van der Waals surface area contributed by atoms with E-state index in [0.29, 0.717) is 29.9 Å². The van der Waals surface area contributed by atoms with Crippen LogP contribution in [0.3, 0.4) is 0 Å². The molecule has 0 saturated carbocycles. The van der Waals surface area contributed by atoms with Gasteiger partial charge in [-0.1, -0.05) is 84.4 Å². The summed E-state index contributed by atoms with van der Waals surface area (Å²) in [5.74, 6) is 0. The van der Waals surface area contributed by atoms with E-state index in [4.69, 9.17) is 16.1 Å². The van der Waals surface area contributed by atoms with Gasteiger partial charge in [-0.25, -0.2) is 0 Å². The Labute approximate surface area is 189 Å². The number of halogens is 1. The first-order valence-electron chi connectivity index (χ1n) is 10.3. The molecule has 0 aliphatic carbocycles. The van der Waals surface area contributed by atoms with Crippen molar-refractivity contribution < 1.29 is 9.09 Å². The van der Waals surface area contributed by atoms with Gasteiger partial charge in [-0.15, -0.1) is 6.58 Å². The summed E-state index contributed by atoms with van der Waals surface area (Å²) in [7, 11) is -3.43. The Balaban J connectivity index is 2.04. The minimum atomic E-state index is -3.43. The predicted molar refractivity (Wildman–Crippen MR) is 130 cm³/mol. The van der Waals surface area contributed by atoms with Crippen molar-refractivity contribution in [3.05, 3.63) is 113 Å². The van der Waals surface area contributed by atoms with Gasteiger partial charge < -0.3 is 4.52 Å². The summed E-state index contributed by atoms with van der Waals surface area (Å²) < 4.78 is 22.7. The fourth-order valence-electron chi connectivity index (χ4n) is 4.05. The summed E-state index contributed by atoms with van der Waals surface area (Å²) in [6, 6.07) is 25.7. The van der Waals surface area contributed by atoms with Crippen molar-refractivity contribution in [2.45, 2.75) is 19.9 Å². The van der Waals surface area contributed by atoms with E-state index in [9.17, 15) is 4.57 Å². The molecule has 1 aliphatic heterocycles. The molecule has 0 saturated heterocycles. The standard InChI is InChI=1S/C26H25ClNO2P/c1-3-11-24-23-17-16-22(27)18-25(23)31(29,30-4-2)28(19-20-12-7-5-8-13-20)26(24)21-14-9-6-10-15-21/h3,5-10,12-18H,1,4,11,19H2,2H3. The van der Waals surface area contributed by atoms with Crippen molar-refractivity contribution in [2.24, 2.45) is 0 Å². The molecule has 1 heterocycles. The topological polar surface area (TPSA) is 29.5 Å². The molecule has 0 amide bonds. The van der Waals surface area contributed by atoms with Gasteiger partial charge in [0.1, 0.15) is 0 Å². The molecule has 0 spiro atoms. The van der Waals surface area contributed by atoms with Crippen molar-refractivity contribution in [3.63, 3.8) is 0 Å². The number of rotatable bonds is 7. The first-order valence-corrected chi connectivity index (χ1v) is 12.3. The molecule has 4 rings (SSSR count). The van der Waals surface area contributed by atoms with Gasteiger partial charge in [0.2, 0.25) is 0 Å². The lowest BCUT2D eigenvalue weighted by Crippen LogP contribution is -2.33. The van der Waals surface area contributed by atoms with Crippen LogP contribution < -0.4 is 5.30 Å². The summed E-state index contributed by atoms with van der Waals surface area (Å²) >= 11 is 6.36. The van der Waals surface area contributed by atoms with Crippen LogP contribution in [0.1, 0.15) is 30.0 Å². The van der Waals surface area contributed by atoms with Crippen molar-refractivity contribution >= 4 is 35.7 Å². The van der Waals surface area contributed by atoms with Gasteiger partial charge in [0.15, 0.2) is 0 Å². The Bertz CT molecular complexity index is 1160. The Morgan fingerprint density at radius 1 is 1.03 bits per heavy atom. The normalized spacial score (nSPS) is 18.1. The van der Waals surface area contributed by atoms with Crippen LogP contribution in [0.25, 0.3) is 11.3 Å². The molecule has 5 heteroatoms. The largest absolute Gasteiger partial charge is 0.327 e. The lowest BCUT2D eigenvalue weighted by atomic mass is 9.96. The highest BCUT2D eigenvalue weighted by atomic mass is 35.5. The number of hydrogen-bond donors (Lipinski definition) is 0. The summed E-state index contributed by atoms with van der Waals surface area (Å²) in [6.45, 7) is 6.63. The first kappa shape index (κ1) is 21.6. The van der Waals surface area contributed by atoms with E-state index < -0.39 is 7.52 Å². The number of hydrogen-bond acceptors (Lipinski definition) is 2. The molecule has 3 aromatic carbocycles. The average molecular weight is 450 g/mol. The summed E-state index contributed by atoms with van der Waals surface area (Å²) in [6.07, 6.45) is 2.52. The molecular formula is C26H25ClNO2P. The van der Waals surface area contributed by atoms with Gasteiger partial charge in [0.25, 0.3) is 0 Å². The number of benzene rings is 3. The molecule has 0 radical (unpaired) electrons.